The lowest BCUT2D eigenvalue weighted by atomic mass is 9.99. The highest BCUT2D eigenvalue weighted by molar-refractivity contribution is 6.31. The van der Waals surface area contributed by atoms with E-state index in [1.165, 1.54) is 35.2 Å². The number of aliphatic hydroxyl groups excluding tert-OH is 1. The molecule has 1 aliphatic rings. The first kappa shape index (κ1) is 32.1. The van der Waals surface area contributed by atoms with Gasteiger partial charge in [0.25, 0.3) is 5.56 Å². The van der Waals surface area contributed by atoms with Gasteiger partial charge in [-0.05, 0) is 43.2 Å². The van der Waals surface area contributed by atoms with Gasteiger partial charge in [-0.2, -0.15) is 18.3 Å². The van der Waals surface area contributed by atoms with E-state index in [1.807, 2.05) is 13.0 Å². The summed E-state index contributed by atoms with van der Waals surface area (Å²) in [5.41, 5.74) is 1.42. The molecule has 5 heterocycles. The molecule has 0 saturated carbocycles. The average Bonchev–Trinajstić information content (AvgIpc) is 3.69. The van der Waals surface area contributed by atoms with Gasteiger partial charge in [0.2, 0.25) is 5.91 Å². The summed E-state index contributed by atoms with van der Waals surface area (Å²) >= 11 is 6.25. The highest BCUT2D eigenvalue weighted by Gasteiger charge is 2.35. The van der Waals surface area contributed by atoms with Crippen LogP contribution < -0.4 is 10.9 Å². The van der Waals surface area contributed by atoms with Gasteiger partial charge in [-0.1, -0.05) is 36.6 Å². The van der Waals surface area contributed by atoms with E-state index >= 15 is 0 Å². The number of aliphatic hydroxyl groups is 1. The van der Waals surface area contributed by atoms with Gasteiger partial charge in [0.15, 0.2) is 5.69 Å². The fraction of sp³-hybridized carbons (Fsp3) is 0.323. The molecule has 4 aromatic heterocycles. The van der Waals surface area contributed by atoms with Crippen LogP contribution in [0.4, 0.5) is 18.9 Å². The molecule has 1 amide bonds. The van der Waals surface area contributed by atoms with Crippen LogP contribution >= 0.6 is 11.6 Å². The molecule has 2 N–H and O–H groups in total. The number of hydrogen-bond donors (Lipinski definition) is 2. The summed E-state index contributed by atoms with van der Waals surface area (Å²) in [6.07, 6.45) is 3.13. The number of rotatable bonds is 5. The predicted octanol–water partition coefficient (Wildman–Crippen LogP) is 5.15. The molecular weight excluding hydrogens is 639 g/mol. The number of aromatic nitrogens is 8. The van der Waals surface area contributed by atoms with Gasteiger partial charge in [-0.25, -0.2) is 9.67 Å². The minimum Gasteiger partial charge on any atom is -0.394 e. The van der Waals surface area contributed by atoms with E-state index in [1.54, 1.807) is 23.1 Å². The summed E-state index contributed by atoms with van der Waals surface area (Å²) in [5, 5.41) is 24.1. The quantitative estimate of drug-likeness (QED) is 0.262. The number of carbonyl (C=O) groups is 1. The third-order valence-corrected chi connectivity index (χ3v) is 8.29. The summed E-state index contributed by atoms with van der Waals surface area (Å²) in [6.45, 7) is 1.89. The Morgan fingerprint density at radius 1 is 1.09 bits per heavy atom. The Kier molecular flexibility index (Phi) is 8.92. The molecule has 1 aromatic carbocycles. The summed E-state index contributed by atoms with van der Waals surface area (Å²) in [5.74, 6) is -0.422. The number of amides is 1. The maximum Gasteiger partial charge on any atom is 0.436 e. The highest BCUT2D eigenvalue weighted by atomic mass is 35.5. The zero-order chi connectivity index (χ0) is 33.3. The van der Waals surface area contributed by atoms with E-state index in [2.05, 4.69) is 30.7 Å². The van der Waals surface area contributed by atoms with Crippen LogP contribution in [0.3, 0.4) is 0 Å². The second-order valence-corrected chi connectivity index (χ2v) is 11.7. The van der Waals surface area contributed by atoms with Gasteiger partial charge in [0, 0.05) is 34.3 Å². The molecule has 16 heteroatoms. The molecule has 1 aliphatic heterocycles. The second-order valence-electron chi connectivity index (χ2n) is 11.2. The van der Waals surface area contributed by atoms with Gasteiger partial charge in [0.1, 0.15) is 0 Å². The summed E-state index contributed by atoms with van der Waals surface area (Å²) in [7, 11) is 0. The number of benzene rings is 1. The Labute approximate surface area is 270 Å². The minimum absolute atomic E-state index is 0.142. The van der Waals surface area contributed by atoms with E-state index in [0.29, 0.717) is 48.3 Å². The molecule has 0 aliphatic carbocycles. The highest BCUT2D eigenvalue weighted by Crippen LogP contribution is 2.34. The lowest BCUT2D eigenvalue weighted by molar-refractivity contribution is -0.141. The fourth-order valence-electron chi connectivity index (χ4n) is 5.64. The van der Waals surface area contributed by atoms with Crippen molar-refractivity contribution in [3.05, 3.63) is 88.1 Å². The number of pyridine rings is 1. The van der Waals surface area contributed by atoms with Crippen molar-refractivity contribution >= 4 is 23.2 Å². The Bertz CT molecular complexity index is 1990. The summed E-state index contributed by atoms with van der Waals surface area (Å²) in [6, 6.07) is 8.80. The van der Waals surface area contributed by atoms with E-state index < -0.39 is 23.5 Å². The van der Waals surface area contributed by atoms with Crippen LogP contribution in [0.5, 0.6) is 0 Å². The van der Waals surface area contributed by atoms with E-state index in [4.69, 9.17) is 11.6 Å². The number of anilines is 1. The lowest BCUT2D eigenvalue weighted by Gasteiger charge is -2.20. The molecule has 0 spiro atoms. The lowest BCUT2D eigenvalue weighted by Crippen LogP contribution is -2.26. The van der Waals surface area contributed by atoms with Gasteiger partial charge < -0.3 is 10.4 Å². The van der Waals surface area contributed by atoms with Crippen molar-refractivity contribution in [2.75, 3.05) is 11.9 Å². The topological polar surface area (TPSA) is 146 Å². The molecule has 47 heavy (non-hydrogen) atoms. The number of hydrogen-bond acceptors (Lipinski definition) is 8. The van der Waals surface area contributed by atoms with Crippen molar-refractivity contribution in [3.8, 4) is 28.2 Å². The number of halogens is 4. The molecule has 0 saturated heterocycles. The third kappa shape index (κ3) is 6.67. The van der Waals surface area contributed by atoms with Crippen molar-refractivity contribution in [2.24, 2.45) is 5.92 Å². The molecule has 6 rings (SSSR count). The molecular formula is C31H29ClF3N9O3. The van der Waals surface area contributed by atoms with Crippen LogP contribution in [-0.4, -0.2) is 56.9 Å². The van der Waals surface area contributed by atoms with E-state index in [-0.39, 0.29) is 46.9 Å². The van der Waals surface area contributed by atoms with Crippen LogP contribution in [0.15, 0.2) is 66.1 Å². The number of alkyl halides is 3. The van der Waals surface area contributed by atoms with E-state index in [0.717, 1.165) is 10.9 Å². The second kappa shape index (κ2) is 13.1. The van der Waals surface area contributed by atoms with Crippen LogP contribution in [0.2, 0.25) is 5.02 Å². The minimum atomic E-state index is -4.69. The number of fused-ring (bicyclic) bond motifs is 4. The predicted molar refractivity (Wildman–Crippen MR) is 166 cm³/mol. The normalized spacial score (nSPS) is 17.3. The van der Waals surface area contributed by atoms with Gasteiger partial charge in [-0.3, -0.25) is 23.8 Å². The zero-order valence-electron chi connectivity index (χ0n) is 25.0. The maximum absolute atomic E-state index is 13.8. The fourth-order valence-corrected chi connectivity index (χ4v) is 5.82. The maximum atomic E-state index is 13.8. The molecule has 12 nitrogen and oxygen atoms in total. The molecule has 0 fully saturated rings. The Morgan fingerprint density at radius 2 is 1.89 bits per heavy atom. The van der Waals surface area contributed by atoms with Crippen molar-refractivity contribution in [2.45, 2.75) is 51.4 Å². The van der Waals surface area contributed by atoms with Gasteiger partial charge in [-0.15, -0.1) is 5.10 Å². The average molecular weight is 668 g/mol. The first-order valence-electron chi connectivity index (χ1n) is 14.9. The molecule has 244 valence electrons. The smallest absolute Gasteiger partial charge is 0.394 e. The van der Waals surface area contributed by atoms with Gasteiger partial charge in [0.05, 0.1) is 66.4 Å². The molecule has 2 bridgehead atoms. The first-order valence-corrected chi connectivity index (χ1v) is 15.2. The molecule has 0 unspecified atom stereocenters. The largest absolute Gasteiger partial charge is 0.436 e. The van der Waals surface area contributed by atoms with Crippen molar-refractivity contribution in [1.82, 2.24) is 39.3 Å². The molecule has 0 radical (unpaired) electrons. The zero-order valence-corrected chi connectivity index (χ0v) is 25.8. The summed E-state index contributed by atoms with van der Waals surface area (Å²) < 4.78 is 43.7. The Balaban J connectivity index is 1.42. The SMILES string of the molecule is C[C@@H]1CCCC[C@H](n2cnc(-c3cc(Cl)ccc3-n3cc(C(F)(F)F)nn3)cc2=O)c2cc(ccn2)-c2c(cnn2CCO)NC1=O. The Hall–Kier alpha value is -4.89. The van der Waals surface area contributed by atoms with Crippen LogP contribution in [-0.2, 0) is 17.5 Å². The van der Waals surface area contributed by atoms with Crippen molar-refractivity contribution < 1.29 is 23.1 Å². The van der Waals surface area contributed by atoms with Gasteiger partial charge >= 0.3 is 6.18 Å². The third-order valence-electron chi connectivity index (χ3n) is 8.05. The van der Waals surface area contributed by atoms with E-state index in [9.17, 15) is 27.9 Å². The van der Waals surface area contributed by atoms with Crippen LogP contribution in [0.1, 0.15) is 50.0 Å². The Morgan fingerprint density at radius 3 is 2.64 bits per heavy atom. The summed E-state index contributed by atoms with van der Waals surface area (Å²) in [4.78, 5) is 35.9. The first-order chi connectivity index (χ1) is 22.5. The molecule has 5 aromatic rings. The van der Waals surface area contributed by atoms with Crippen LogP contribution in [0.25, 0.3) is 28.2 Å². The van der Waals surface area contributed by atoms with Crippen molar-refractivity contribution in [3.63, 3.8) is 0 Å². The number of nitrogens with zero attached hydrogens (tertiary/aromatic N) is 8. The standard InChI is InChI=1S/C31H29ClF3N9O3/c1-18-4-2-3-5-26(23-12-19(8-9-36-23)29-24(39-30(18)47)15-38-43(29)10-11-45)42-17-37-22(14-28(42)46)21-13-20(32)6-7-25(21)44-16-27(40-41-44)31(33,34)35/h6-9,12-18,26,45H,2-5,10-11H2,1H3,(H,39,47)/t18-,26+/m1/s1. The number of nitrogens with one attached hydrogen (secondary N) is 1. The van der Waals surface area contributed by atoms with Crippen LogP contribution in [0, 0.1) is 5.92 Å². The molecule has 2 atom stereocenters. The monoisotopic (exact) mass is 667 g/mol. The number of carbonyl (C=O) groups excluding carboxylic acids is 1. The van der Waals surface area contributed by atoms with Crippen molar-refractivity contribution in [1.29, 1.82) is 0 Å².